The molecule has 3 aromatic heterocycles. The van der Waals surface area contributed by atoms with Crippen LogP contribution in [0.1, 0.15) is 34.2 Å². The Morgan fingerprint density at radius 2 is 2.23 bits per heavy atom. The van der Waals surface area contributed by atoms with Gasteiger partial charge in [-0.15, -0.1) is 10.2 Å². The molecule has 1 N–H and O–H groups in total. The van der Waals surface area contributed by atoms with Crippen LogP contribution >= 0.6 is 0 Å². The van der Waals surface area contributed by atoms with Gasteiger partial charge in [-0.1, -0.05) is 0 Å². The highest BCUT2D eigenvalue weighted by Gasteiger charge is 2.10. The van der Waals surface area contributed by atoms with E-state index in [1.165, 1.54) is 6.26 Å². The van der Waals surface area contributed by atoms with E-state index in [0.29, 0.717) is 24.5 Å². The number of aromatic nitrogens is 4. The second-order valence-electron chi connectivity index (χ2n) is 5.13. The van der Waals surface area contributed by atoms with E-state index in [1.54, 1.807) is 12.1 Å². The van der Waals surface area contributed by atoms with Crippen LogP contribution in [0, 0.1) is 13.8 Å². The minimum atomic E-state index is -0.204. The topological polar surface area (TPSA) is 85.3 Å². The lowest BCUT2D eigenvalue weighted by Gasteiger charge is -2.05. The van der Waals surface area contributed by atoms with Gasteiger partial charge in [0.05, 0.1) is 6.26 Å². The van der Waals surface area contributed by atoms with Crippen LogP contribution in [0.3, 0.4) is 0 Å². The Balaban J connectivity index is 1.59. The van der Waals surface area contributed by atoms with E-state index in [9.17, 15) is 4.79 Å². The minimum Gasteiger partial charge on any atom is -0.459 e. The molecule has 0 spiro atoms. The maximum absolute atomic E-state index is 11.7. The lowest BCUT2D eigenvalue weighted by molar-refractivity contribution is 0.0925. The lowest BCUT2D eigenvalue weighted by atomic mass is 10.2. The first-order valence-electron chi connectivity index (χ1n) is 7.15. The summed E-state index contributed by atoms with van der Waals surface area (Å²) in [6.07, 6.45) is 2.96. The van der Waals surface area contributed by atoms with Gasteiger partial charge in [0.25, 0.3) is 11.7 Å². The summed E-state index contributed by atoms with van der Waals surface area (Å²) < 4.78 is 6.98. The summed E-state index contributed by atoms with van der Waals surface area (Å²) in [5.41, 5.74) is 1.98. The fraction of sp³-hybridized carbons (Fsp3) is 0.333. The van der Waals surface area contributed by atoms with Crippen molar-refractivity contribution in [2.45, 2.75) is 26.7 Å². The van der Waals surface area contributed by atoms with Gasteiger partial charge in [-0.2, -0.15) is 0 Å². The van der Waals surface area contributed by atoms with Crippen molar-refractivity contribution < 1.29 is 9.21 Å². The zero-order valence-corrected chi connectivity index (χ0v) is 12.5. The van der Waals surface area contributed by atoms with Crippen molar-refractivity contribution in [3.05, 3.63) is 47.4 Å². The number of fused-ring (bicyclic) bond motifs is 1. The first kappa shape index (κ1) is 14.2. The molecule has 7 nitrogen and oxygen atoms in total. The number of hydrogen-bond donors (Lipinski definition) is 1. The summed E-state index contributed by atoms with van der Waals surface area (Å²) in [5, 5.41) is 11.1. The van der Waals surface area contributed by atoms with Crippen molar-refractivity contribution in [3.8, 4) is 0 Å². The maximum Gasteiger partial charge on any atom is 0.286 e. The largest absolute Gasteiger partial charge is 0.459 e. The molecule has 0 aliphatic rings. The number of carbonyl (C=O) groups is 1. The Kier molecular flexibility index (Phi) is 3.86. The van der Waals surface area contributed by atoms with Gasteiger partial charge in [-0.25, -0.2) is 4.98 Å². The number of aryl methyl sites for hydroxylation is 3. The fourth-order valence-corrected chi connectivity index (χ4v) is 2.40. The summed E-state index contributed by atoms with van der Waals surface area (Å²) >= 11 is 0. The van der Waals surface area contributed by atoms with Crippen molar-refractivity contribution in [1.29, 1.82) is 0 Å². The average molecular weight is 299 g/mol. The predicted molar refractivity (Wildman–Crippen MR) is 79.6 cm³/mol. The zero-order valence-electron chi connectivity index (χ0n) is 12.5. The van der Waals surface area contributed by atoms with Gasteiger partial charge < -0.3 is 9.73 Å². The quantitative estimate of drug-likeness (QED) is 0.725. The number of nitrogens with one attached hydrogen (secondary N) is 1. The molecule has 0 saturated carbocycles. The van der Waals surface area contributed by atoms with Gasteiger partial charge in [-0.3, -0.25) is 9.20 Å². The molecule has 0 bridgehead atoms. The van der Waals surface area contributed by atoms with Gasteiger partial charge in [0, 0.05) is 24.4 Å². The molecule has 0 atom stereocenters. The van der Waals surface area contributed by atoms with Crippen LogP contribution in [-0.2, 0) is 6.42 Å². The van der Waals surface area contributed by atoms with Crippen LogP contribution in [0.25, 0.3) is 5.78 Å². The molecule has 1 amide bonds. The minimum absolute atomic E-state index is 0.204. The summed E-state index contributed by atoms with van der Waals surface area (Å²) in [5.74, 6) is 1.59. The highest BCUT2D eigenvalue weighted by atomic mass is 16.3. The van der Waals surface area contributed by atoms with Crippen LogP contribution in [-0.4, -0.2) is 32.0 Å². The van der Waals surface area contributed by atoms with E-state index in [4.69, 9.17) is 4.42 Å². The maximum atomic E-state index is 11.7. The number of carbonyl (C=O) groups excluding carboxylic acids is 1. The number of hydrogen-bond acceptors (Lipinski definition) is 5. The van der Waals surface area contributed by atoms with Crippen molar-refractivity contribution in [2.24, 2.45) is 0 Å². The molecule has 0 aromatic carbocycles. The third-order valence-electron chi connectivity index (χ3n) is 3.37. The normalized spacial score (nSPS) is 11.0. The fourth-order valence-electron chi connectivity index (χ4n) is 2.40. The molecule has 7 heteroatoms. The molecule has 0 aliphatic heterocycles. The molecule has 0 unspecified atom stereocenters. The SMILES string of the molecule is Cc1cc(C)n2c(CCCNC(=O)c3ccco3)nnc2n1. The van der Waals surface area contributed by atoms with Gasteiger partial charge in [0.15, 0.2) is 5.76 Å². The number of nitrogens with zero attached hydrogens (tertiary/aromatic N) is 4. The summed E-state index contributed by atoms with van der Waals surface area (Å²) in [6, 6.07) is 5.33. The van der Waals surface area contributed by atoms with Crippen LogP contribution in [0.4, 0.5) is 0 Å². The molecule has 0 fully saturated rings. The van der Waals surface area contributed by atoms with Crippen molar-refractivity contribution in [1.82, 2.24) is 24.9 Å². The third kappa shape index (κ3) is 2.83. The van der Waals surface area contributed by atoms with Gasteiger partial charge in [-0.05, 0) is 38.5 Å². The Bertz CT molecular complexity index is 792. The van der Waals surface area contributed by atoms with E-state index in [2.05, 4.69) is 20.5 Å². The third-order valence-corrected chi connectivity index (χ3v) is 3.37. The van der Waals surface area contributed by atoms with Gasteiger partial charge >= 0.3 is 0 Å². The van der Waals surface area contributed by atoms with Crippen LogP contribution in [0.5, 0.6) is 0 Å². The van der Waals surface area contributed by atoms with Crippen LogP contribution in [0.15, 0.2) is 28.9 Å². The Hall–Kier alpha value is -2.70. The monoisotopic (exact) mass is 299 g/mol. The summed E-state index contributed by atoms with van der Waals surface area (Å²) in [7, 11) is 0. The van der Waals surface area contributed by atoms with Crippen LogP contribution in [0.2, 0.25) is 0 Å². The number of rotatable bonds is 5. The zero-order chi connectivity index (χ0) is 15.5. The summed E-state index contributed by atoms with van der Waals surface area (Å²) in [4.78, 5) is 16.1. The van der Waals surface area contributed by atoms with Crippen LogP contribution < -0.4 is 5.32 Å². The van der Waals surface area contributed by atoms with Crippen molar-refractivity contribution in [3.63, 3.8) is 0 Å². The Labute approximate surface area is 127 Å². The lowest BCUT2D eigenvalue weighted by Crippen LogP contribution is -2.24. The second kappa shape index (κ2) is 5.97. The standard InChI is InChI=1S/C15H17N5O2/c1-10-9-11(2)20-13(18-19-15(20)17-10)6-3-7-16-14(21)12-5-4-8-22-12/h4-5,8-9H,3,6-7H2,1-2H3,(H,16,21). The highest BCUT2D eigenvalue weighted by Crippen LogP contribution is 2.09. The van der Waals surface area contributed by atoms with Gasteiger partial charge in [0.1, 0.15) is 5.82 Å². The van der Waals surface area contributed by atoms with Crippen molar-refractivity contribution in [2.75, 3.05) is 6.54 Å². The Morgan fingerprint density at radius 1 is 1.36 bits per heavy atom. The number of amides is 1. The van der Waals surface area contributed by atoms with E-state index in [0.717, 1.165) is 23.6 Å². The van der Waals surface area contributed by atoms with E-state index < -0.39 is 0 Å². The molecule has 3 heterocycles. The summed E-state index contributed by atoms with van der Waals surface area (Å²) in [6.45, 7) is 4.49. The molecule has 0 saturated heterocycles. The number of furan rings is 1. The molecule has 0 radical (unpaired) electrons. The first-order valence-corrected chi connectivity index (χ1v) is 7.15. The molecule has 22 heavy (non-hydrogen) atoms. The smallest absolute Gasteiger partial charge is 0.286 e. The first-order chi connectivity index (χ1) is 10.6. The molecule has 114 valence electrons. The molecular formula is C15H17N5O2. The predicted octanol–water partition coefficient (Wildman–Crippen LogP) is 1.70. The average Bonchev–Trinajstić information content (AvgIpc) is 3.12. The second-order valence-corrected chi connectivity index (χ2v) is 5.13. The van der Waals surface area contributed by atoms with E-state index >= 15 is 0 Å². The highest BCUT2D eigenvalue weighted by molar-refractivity contribution is 5.91. The molecule has 3 aromatic rings. The van der Waals surface area contributed by atoms with E-state index in [-0.39, 0.29) is 5.91 Å². The molecular weight excluding hydrogens is 282 g/mol. The molecule has 3 rings (SSSR count). The van der Waals surface area contributed by atoms with Crippen molar-refractivity contribution >= 4 is 11.7 Å². The molecule has 0 aliphatic carbocycles. The Morgan fingerprint density at radius 3 is 3.00 bits per heavy atom. The van der Waals surface area contributed by atoms with E-state index in [1.807, 2.05) is 24.3 Å². The van der Waals surface area contributed by atoms with Gasteiger partial charge in [0.2, 0.25) is 0 Å².